The fraction of sp³-hybridized carbons (Fsp3) is 0.600. The second kappa shape index (κ2) is 16.9. The molecule has 4 heteroatoms. The predicted octanol–water partition coefficient (Wildman–Crippen LogP) is 7.55. The van der Waals surface area contributed by atoms with Crippen LogP contribution in [0.15, 0.2) is 48.6 Å². The summed E-state index contributed by atoms with van der Waals surface area (Å²) in [5.74, 6) is 0. The van der Waals surface area contributed by atoms with Gasteiger partial charge in [0, 0.05) is 7.11 Å². The Hall–Kier alpha value is -0.920. The van der Waals surface area contributed by atoms with E-state index in [0.29, 0.717) is 6.42 Å². The van der Waals surface area contributed by atoms with Crippen LogP contribution in [0, 0.1) is 0 Å². The molecule has 0 rings (SSSR count). The SMILES string of the molecule is CCCCCC=CCC=CCC=CCC=CCCCP(=O)(F)OC. The number of allylic oxidation sites excluding steroid dienone is 8. The van der Waals surface area contributed by atoms with Gasteiger partial charge >= 0.3 is 7.68 Å². The lowest BCUT2D eigenvalue weighted by Gasteiger charge is -2.03. The zero-order chi connectivity index (χ0) is 17.9. The smallest absolute Gasteiger partial charge is 0.309 e. The molecule has 0 aliphatic carbocycles. The maximum atomic E-state index is 13.0. The molecule has 0 bridgehead atoms. The Morgan fingerprint density at radius 3 is 1.71 bits per heavy atom. The van der Waals surface area contributed by atoms with E-state index < -0.39 is 7.68 Å². The molecule has 0 saturated carbocycles. The van der Waals surface area contributed by atoms with Crippen LogP contribution in [0.3, 0.4) is 0 Å². The molecule has 0 saturated heterocycles. The summed E-state index contributed by atoms with van der Waals surface area (Å²) >= 11 is 0. The van der Waals surface area contributed by atoms with Crippen molar-refractivity contribution in [1.82, 2.24) is 0 Å². The van der Waals surface area contributed by atoms with Crippen molar-refractivity contribution in [3.8, 4) is 0 Å². The van der Waals surface area contributed by atoms with E-state index in [1.165, 1.54) is 25.7 Å². The minimum atomic E-state index is -3.82. The minimum Gasteiger partial charge on any atom is -0.309 e. The quantitative estimate of drug-likeness (QED) is 0.172. The van der Waals surface area contributed by atoms with Crippen LogP contribution < -0.4 is 0 Å². The second-order valence-electron chi connectivity index (χ2n) is 5.73. The van der Waals surface area contributed by atoms with Crippen LogP contribution in [0.4, 0.5) is 4.20 Å². The molecule has 0 amide bonds. The molecule has 0 radical (unpaired) electrons. The molecule has 0 aliphatic rings. The Bertz CT molecular complexity index is 439. The van der Waals surface area contributed by atoms with E-state index >= 15 is 0 Å². The molecule has 24 heavy (non-hydrogen) atoms. The summed E-state index contributed by atoms with van der Waals surface area (Å²) in [6, 6.07) is 0. The zero-order valence-electron chi connectivity index (χ0n) is 15.3. The molecule has 0 aliphatic heterocycles. The highest BCUT2D eigenvalue weighted by Crippen LogP contribution is 2.48. The number of halogens is 1. The summed E-state index contributed by atoms with van der Waals surface area (Å²) in [5, 5.41) is 0. The highest BCUT2D eigenvalue weighted by molar-refractivity contribution is 7.53. The second-order valence-corrected chi connectivity index (χ2v) is 7.72. The summed E-state index contributed by atoms with van der Waals surface area (Å²) in [6.45, 7) is 2.23. The Balaban J connectivity index is 3.50. The lowest BCUT2D eigenvalue weighted by atomic mass is 10.2. The van der Waals surface area contributed by atoms with E-state index in [-0.39, 0.29) is 6.16 Å². The predicted molar refractivity (Wildman–Crippen MR) is 104 cm³/mol. The molecule has 0 spiro atoms. The van der Waals surface area contributed by atoms with E-state index in [2.05, 4.69) is 54.0 Å². The van der Waals surface area contributed by atoms with Crippen molar-refractivity contribution < 1.29 is 13.3 Å². The first kappa shape index (κ1) is 23.1. The van der Waals surface area contributed by atoms with Gasteiger partial charge in [0.25, 0.3) is 0 Å². The molecule has 0 aromatic rings. The van der Waals surface area contributed by atoms with Gasteiger partial charge in [-0.3, -0.25) is 4.57 Å². The Kier molecular flexibility index (Phi) is 16.3. The van der Waals surface area contributed by atoms with Crippen LogP contribution in [-0.2, 0) is 9.09 Å². The summed E-state index contributed by atoms with van der Waals surface area (Å²) in [6.07, 6.45) is 26.4. The van der Waals surface area contributed by atoms with E-state index in [0.717, 1.165) is 32.8 Å². The lowest BCUT2D eigenvalue weighted by Crippen LogP contribution is -1.86. The Labute approximate surface area is 148 Å². The number of rotatable bonds is 15. The van der Waals surface area contributed by atoms with Crippen molar-refractivity contribution in [3.05, 3.63) is 48.6 Å². The summed E-state index contributed by atoms with van der Waals surface area (Å²) in [4.78, 5) is 0. The molecule has 1 atom stereocenters. The molecule has 0 fully saturated rings. The van der Waals surface area contributed by atoms with Crippen LogP contribution in [0.5, 0.6) is 0 Å². The van der Waals surface area contributed by atoms with Gasteiger partial charge in [-0.25, -0.2) is 0 Å². The van der Waals surface area contributed by atoms with Crippen LogP contribution in [0.1, 0.15) is 64.7 Å². The first-order valence-corrected chi connectivity index (χ1v) is 10.8. The third-order valence-electron chi connectivity index (χ3n) is 3.53. The maximum absolute atomic E-state index is 13.0. The Morgan fingerprint density at radius 2 is 1.25 bits per heavy atom. The monoisotopic (exact) mass is 356 g/mol. The fourth-order valence-corrected chi connectivity index (χ4v) is 2.79. The maximum Gasteiger partial charge on any atom is 0.367 e. The average Bonchev–Trinajstić information content (AvgIpc) is 2.57. The lowest BCUT2D eigenvalue weighted by molar-refractivity contribution is 0.355. The zero-order valence-corrected chi connectivity index (χ0v) is 16.2. The Morgan fingerprint density at radius 1 is 0.792 bits per heavy atom. The number of hydrogen-bond donors (Lipinski definition) is 0. The van der Waals surface area contributed by atoms with Crippen molar-refractivity contribution in [2.24, 2.45) is 0 Å². The molecule has 1 unspecified atom stereocenters. The highest BCUT2D eigenvalue weighted by atomic mass is 31.2. The highest BCUT2D eigenvalue weighted by Gasteiger charge is 2.17. The minimum absolute atomic E-state index is 0.00151. The topological polar surface area (TPSA) is 26.3 Å². The van der Waals surface area contributed by atoms with Crippen LogP contribution in [-0.4, -0.2) is 13.3 Å². The summed E-state index contributed by atoms with van der Waals surface area (Å²) < 4.78 is 28.3. The van der Waals surface area contributed by atoms with Gasteiger partial charge < -0.3 is 4.52 Å². The van der Waals surface area contributed by atoms with Gasteiger partial charge in [0.2, 0.25) is 0 Å². The van der Waals surface area contributed by atoms with Gasteiger partial charge in [-0.15, -0.1) is 0 Å². The van der Waals surface area contributed by atoms with Crippen molar-refractivity contribution in [3.63, 3.8) is 0 Å². The van der Waals surface area contributed by atoms with Crippen LogP contribution in [0.2, 0.25) is 0 Å². The first-order chi connectivity index (χ1) is 11.6. The van der Waals surface area contributed by atoms with Gasteiger partial charge in [0.1, 0.15) is 0 Å². The molecule has 2 nitrogen and oxygen atoms in total. The first-order valence-electron chi connectivity index (χ1n) is 9.07. The third-order valence-corrected chi connectivity index (χ3v) is 4.92. The van der Waals surface area contributed by atoms with Gasteiger partial charge in [0.05, 0.1) is 6.16 Å². The summed E-state index contributed by atoms with van der Waals surface area (Å²) in [5.41, 5.74) is 0. The van der Waals surface area contributed by atoms with E-state index in [1.807, 2.05) is 6.08 Å². The van der Waals surface area contributed by atoms with Gasteiger partial charge in [0.15, 0.2) is 0 Å². The fourth-order valence-electron chi connectivity index (χ4n) is 2.05. The molecule has 0 heterocycles. The third kappa shape index (κ3) is 17.4. The number of hydrogen-bond acceptors (Lipinski definition) is 2. The van der Waals surface area contributed by atoms with Gasteiger partial charge in [-0.2, -0.15) is 4.20 Å². The van der Waals surface area contributed by atoms with Crippen LogP contribution >= 0.6 is 7.68 Å². The van der Waals surface area contributed by atoms with E-state index in [1.54, 1.807) is 0 Å². The summed E-state index contributed by atoms with van der Waals surface area (Å²) in [7, 11) is -2.67. The molecule has 0 N–H and O–H groups in total. The molecular weight excluding hydrogens is 322 g/mol. The van der Waals surface area contributed by atoms with Crippen molar-refractivity contribution >= 4 is 7.68 Å². The van der Waals surface area contributed by atoms with Crippen LogP contribution in [0.25, 0.3) is 0 Å². The standard InChI is InChI=1S/C20H34FO2P/c1-3-4-5-6-7-8-9-10-11-12-13-14-15-16-17-18-19-20-24(21,22)23-2/h7-8,10-11,13-14,16-17H,3-6,9,12,15,18-20H2,1-2H3. The molecule has 138 valence electrons. The van der Waals surface area contributed by atoms with Gasteiger partial charge in [-0.05, 0) is 44.9 Å². The molecular formula is C20H34FO2P. The number of unbranched alkanes of at least 4 members (excludes halogenated alkanes) is 4. The van der Waals surface area contributed by atoms with Crippen molar-refractivity contribution in [2.45, 2.75) is 64.7 Å². The molecule has 0 aromatic carbocycles. The average molecular weight is 356 g/mol. The van der Waals surface area contributed by atoms with E-state index in [4.69, 9.17) is 0 Å². The van der Waals surface area contributed by atoms with Gasteiger partial charge in [-0.1, -0.05) is 68.4 Å². The van der Waals surface area contributed by atoms with Crippen molar-refractivity contribution in [2.75, 3.05) is 13.3 Å². The normalized spacial score (nSPS) is 15.3. The van der Waals surface area contributed by atoms with Crippen molar-refractivity contribution in [1.29, 1.82) is 0 Å². The largest absolute Gasteiger partial charge is 0.367 e. The molecule has 0 aromatic heterocycles. The van der Waals surface area contributed by atoms with E-state index in [9.17, 15) is 8.76 Å².